The summed E-state index contributed by atoms with van der Waals surface area (Å²) in [6.45, 7) is 1.54. The lowest BCUT2D eigenvalue weighted by atomic mass is 9.91. The number of alkyl halides is 2. The van der Waals surface area contributed by atoms with Gasteiger partial charge in [0.2, 0.25) is 0 Å². The van der Waals surface area contributed by atoms with Gasteiger partial charge in [0.15, 0.2) is 0 Å². The zero-order chi connectivity index (χ0) is 18.6. The smallest absolute Gasteiger partial charge is 0.321 e. The molecule has 0 bridgehead atoms. The van der Waals surface area contributed by atoms with Gasteiger partial charge in [-0.2, -0.15) is 0 Å². The van der Waals surface area contributed by atoms with Crippen molar-refractivity contribution in [2.45, 2.75) is 19.8 Å². The third-order valence-corrected chi connectivity index (χ3v) is 4.08. The van der Waals surface area contributed by atoms with Crippen LogP contribution < -0.4 is 10.1 Å². The predicted molar refractivity (Wildman–Crippen MR) is 88.4 cm³/mol. The molecular formula is C16H19ClF2N2O4. The number of carboxylic acid groups (broad SMARTS) is 1. The first-order valence-corrected chi connectivity index (χ1v) is 8.13. The molecule has 2 N–H and O–H groups in total. The molecule has 2 amide bonds. The van der Waals surface area contributed by atoms with Crippen LogP contribution in [0.1, 0.15) is 13.3 Å². The van der Waals surface area contributed by atoms with Crippen molar-refractivity contribution in [3.8, 4) is 5.75 Å². The van der Waals surface area contributed by atoms with Crippen molar-refractivity contribution in [3.05, 3.63) is 23.2 Å². The number of carbonyl (C=O) groups excluding carboxylic acids is 1. The van der Waals surface area contributed by atoms with Crippen LogP contribution >= 0.6 is 11.6 Å². The first kappa shape index (κ1) is 19.2. The molecule has 2 rings (SSSR count). The van der Waals surface area contributed by atoms with E-state index in [0.717, 1.165) is 0 Å². The SMILES string of the molecule is CC1CC(C(=O)O)CN(C(=O)Nc2ccc(Cl)cc2OCC(F)F)C1. The number of ether oxygens (including phenoxy) is 1. The summed E-state index contributed by atoms with van der Waals surface area (Å²) in [7, 11) is 0. The van der Waals surface area contributed by atoms with E-state index < -0.39 is 31.0 Å². The van der Waals surface area contributed by atoms with Crippen LogP contribution in [0.3, 0.4) is 0 Å². The molecule has 1 aromatic rings. The number of carbonyl (C=O) groups is 2. The topological polar surface area (TPSA) is 78.9 Å². The van der Waals surface area contributed by atoms with Crippen LogP contribution in [0.4, 0.5) is 19.3 Å². The van der Waals surface area contributed by atoms with Crippen LogP contribution in [0, 0.1) is 11.8 Å². The van der Waals surface area contributed by atoms with E-state index in [1.165, 1.54) is 23.1 Å². The summed E-state index contributed by atoms with van der Waals surface area (Å²) >= 11 is 5.83. The minimum Gasteiger partial charge on any atom is -0.485 e. The van der Waals surface area contributed by atoms with Crippen molar-refractivity contribution < 1.29 is 28.2 Å². The van der Waals surface area contributed by atoms with Gasteiger partial charge in [-0.25, -0.2) is 13.6 Å². The van der Waals surface area contributed by atoms with Gasteiger partial charge in [-0.15, -0.1) is 0 Å². The second-order valence-corrected chi connectivity index (χ2v) is 6.49. The molecular weight excluding hydrogens is 358 g/mol. The molecule has 138 valence electrons. The van der Waals surface area contributed by atoms with Crippen molar-refractivity contribution in [1.82, 2.24) is 4.90 Å². The van der Waals surface area contributed by atoms with Gasteiger partial charge in [0.05, 0.1) is 11.6 Å². The lowest BCUT2D eigenvalue weighted by Crippen LogP contribution is -2.47. The second kappa shape index (κ2) is 8.33. The average molecular weight is 377 g/mol. The van der Waals surface area contributed by atoms with Crippen molar-refractivity contribution in [2.24, 2.45) is 11.8 Å². The average Bonchev–Trinajstić information content (AvgIpc) is 2.54. The molecule has 0 spiro atoms. The third kappa shape index (κ3) is 5.45. The molecule has 1 aliphatic heterocycles. The van der Waals surface area contributed by atoms with Gasteiger partial charge in [0, 0.05) is 24.2 Å². The number of benzene rings is 1. The minimum absolute atomic E-state index is 0.0287. The Morgan fingerprint density at radius 2 is 2.16 bits per heavy atom. The number of amides is 2. The highest BCUT2D eigenvalue weighted by Gasteiger charge is 2.32. The first-order chi connectivity index (χ1) is 11.8. The summed E-state index contributed by atoms with van der Waals surface area (Å²) < 4.78 is 29.7. The Balaban J connectivity index is 2.10. The standard InChI is InChI=1S/C16H19ClF2N2O4/c1-9-4-10(15(22)23)7-21(6-9)16(24)20-12-3-2-11(17)5-13(12)25-8-14(18)19/h2-3,5,9-10,14H,4,6-8H2,1H3,(H,20,24)(H,22,23). The zero-order valence-corrected chi connectivity index (χ0v) is 14.3. The minimum atomic E-state index is -2.66. The van der Waals surface area contributed by atoms with Gasteiger partial charge in [-0.1, -0.05) is 18.5 Å². The summed E-state index contributed by atoms with van der Waals surface area (Å²) in [4.78, 5) is 25.0. The number of anilines is 1. The quantitative estimate of drug-likeness (QED) is 0.823. The number of rotatable bonds is 5. The molecule has 0 saturated carbocycles. The normalized spacial score (nSPS) is 20.4. The van der Waals surface area contributed by atoms with Crippen LogP contribution in [-0.2, 0) is 4.79 Å². The van der Waals surface area contributed by atoms with Crippen molar-refractivity contribution >= 4 is 29.3 Å². The monoisotopic (exact) mass is 376 g/mol. The van der Waals surface area contributed by atoms with Crippen LogP contribution in [0.25, 0.3) is 0 Å². The molecule has 1 saturated heterocycles. The van der Waals surface area contributed by atoms with Crippen LogP contribution in [0.2, 0.25) is 5.02 Å². The molecule has 2 atom stereocenters. The molecule has 1 aromatic carbocycles. The molecule has 0 aliphatic carbocycles. The third-order valence-electron chi connectivity index (χ3n) is 3.85. The number of hydrogen-bond acceptors (Lipinski definition) is 3. The van der Waals surface area contributed by atoms with Crippen LogP contribution in [0.5, 0.6) is 5.75 Å². The summed E-state index contributed by atoms with van der Waals surface area (Å²) in [5, 5.41) is 12.0. The molecule has 1 fully saturated rings. The van der Waals surface area contributed by atoms with E-state index in [4.69, 9.17) is 16.3 Å². The van der Waals surface area contributed by atoms with E-state index >= 15 is 0 Å². The number of piperidine rings is 1. The fourth-order valence-corrected chi connectivity index (χ4v) is 2.92. The number of halogens is 3. The Hall–Kier alpha value is -2.09. The molecule has 6 nitrogen and oxygen atoms in total. The van der Waals surface area contributed by atoms with Gasteiger partial charge in [0.25, 0.3) is 6.43 Å². The van der Waals surface area contributed by atoms with Gasteiger partial charge in [-0.3, -0.25) is 4.79 Å². The molecule has 1 heterocycles. The highest BCUT2D eigenvalue weighted by Crippen LogP contribution is 2.30. The van der Waals surface area contributed by atoms with Gasteiger partial charge in [0.1, 0.15) is 12.4 Å². The van der Waals surface area contributed by atoms with Gasteiger partial charge < -0.3 is 20.1 Å². The summed E-state index contributed by atoms with van der Waals surface area (Å²) in [6, 6.07) is 3.76. The van der Waals surface area contributed by atoms with Crippen LogP contribution in [0.15, 0.2) is 18.2 Å². The highest BCUT2D eigenvalue weighted by atomic mass is 35.5. The number of urea groups is 1. The fraction of sp³-hybridized carbons (Fsp3) is 0.500. The highest BCUT2D eigenvalue weighted by molar-refractivity contribution is 6.30. The van der Waals surface area contributed by atoms with Gasteiger partial charge in [-0.05, 0) is 24.5 Å². The van der Waals surface area contributed by atoms with Crippen molar-refractivity contribution in [1.29, 1.82) is 0 Å². The van der Waals surface area contributed by atoms with E-state index in [2.05, 4.69) is 5.32 Å². The molecule has 9 heteroatoms. The van der Waals surface area contributed by atoms with Gasteiger partial charge >= 0.3 is 12.0 Å². The molecule has 1 aliphatic rings. The fourth-order valence-electron chi connectivity index (χ4n) is 2.76. The Morgan fingerprint density at radius 3 is 2.80 bits per heavy atom. The number of nitrogens with zero attached hydrogens (tertiary/aromatic N) is 1. The first-order valence-electron chi connectivity index (χ1n) is 7.75. The Morgan fingerprint density at radius 1 is 1.44 bits per heavy atom. The van der Waals surface area contributed by atoms with E-state index in [0.29, 0.717) is 13.0 Å². The number of nitrogens with one attached hydrogen (secondary N) is 1. The number of hydrogen-bond donors (Lipinski definition) is 2. The molecule has 2 unspecified atom stereocenters. The number of carboxylic acids is 1. The Kier molecular flexibility index (Phi) is 6.41. The summed E-state index contributed by atoms with van der Waals surface area (Å²) in [5.74, 6) is -1.51. The van der Waals surface area contributed by atoms with Crippen molar-refractivity contribution in [3.63, 3.8) is 0 Å². The Bertz CT molecular complexity index is 645. The van der Waals surface area contributed by atoms with Crippen molar-refractivity contribution in [2.75, 3.05) is 25.0 Å². The zero-order valence-electron chi connectivity index (χ0n) is 13.5. The predicted octanol–water partition coefficient (Wildman–Crippen LogP) is 3.56. The maximum absolute atomic E-state index is 12.4. The van der Waals surface area contributed by atoms with E-state index in [9.17, 15) is 23.5 Å². The largest absolute Gasteiger partial charge is 0.485 e. The Labute approximate surface area is 148 Å². The molecule has 0 radical (unpaired) electrons. The lowest BCUT2D eigenvalue weighted by Gasteiger charge is -2.34. The molecule has 0 aromatic heterocycles. The summed E-state index contributed by atoms with van der Waals surface area (Å²) in [5.41, 5.74) is 0.195. The van der Waals surface area contributed by atoms with E-state index in [1.807, 2.05) is 6.92 Å². The lowest BCUT2D eigenvalue weighted by molar-refractivity contribution is -0.143. The van der Waals surface area contributed by atoms with E-state index in [1.54, 1.807) is 0 Å². The van der Waals surface area contributed by atoms with E-state index in [-0.39, 0.29) is 28.9 Å². The maximum atomic E-state index is 12.4. The maximum Gasteiger partial charge on any atom is 0.321 e. The molecule has 25 heavy (non-hydrogen) atoms. The second-order valence-electron chi connectivity index (χ2n) is 6.05. The summed E-state index contributed by atoms with van der Waals surface area (Å²) in [6.07, 6.45) is -2.16. The van der Waals surface area contributed by atoms with Crippen LogP contribution in [-0.4, -0.2) is 48.1 Å². The number of likely N-dealkylation sites (tertiary alicyclic amines) is 1. The number of aliphatic carboxylic acids is 1.